The van der Waals surface area contributed by atoms with Gasteiger partial charge in [0, 0.05) is 18.2 Å². The summed E-state index contributed by atoms with van der Waals surface area (Å²) < 4.78 is 33.5. The summed E-state index contributed by atoms with van der Waals surface area (Å²) in [5, 5.41) is 8.11. The van der Waals surface area contributed by atoms with Crippen LogP contribution in [-0.4, -0.2) is 40.9 Å². The third-order valence-electron chi connectivity index (χ3n) is 5.07. The van der Waals surface area contributed by atoms with E-state index in [-0.39, 0.29) is 11.6 Å². The topological polar surface area (TPSA) is 98.5 Å². The molecule has 0 fully saturated rings. The minimum atomic E-state index is -3.61. The number of carboxylic acids is 1. The maximum atomic E-state index is 13.0. The second-order valence-corrected chi connectivity index (χ2v) is 10.3. The fraction of sp³-hybridized carbons (Fsp3) is 0.391. The van der Waals surface area contributed by atoms with Gasteiger partial charge in [-0.25, -0.2) is 13.4 Å². The number of aryl methyl sites for hydroxylation is 1. The molecule has 1 aromatic heterocycles. The van der Waals surface area contributed by atoms with E-state index in [2.05, 4.69) is 4.98 Å². The first-order valence-electron chi connectivity index (χ1n) is 10.4. The molecule has 0 spiro atoms. The van der Waals surface area contributed by atoms with E-state index < -0.39 is 21.1 Å². The Labute approximate surface area is 182 Å². The number of imidazole rings is 1. The van der Waals surface area contributed by atoms with Crippen molar-refractivity contribution in [3.63, 3.8) is 0 Å². The molecule has 0 unspecified atom stereocenters. The third-order valence-corrected chi connectivity index (χ3v) is 7.09. The van der Waals surface area contributed by atoms with E-state index in [1.54, 1.807) is 36.6 Å². The summed E-state index contributed by atoms with van der Waals surface area (Å²) >= 11 is 0. The van der Waals surface area contributed by atoms with Crippen molar-refractivity contribution >= 4 is 26.8 Å². The molecule has 3 rings (SSSR count). The zero-order valence-electron chi connectivity index (χ0n) is 18.0. The molecule has 0 bridgehead atoms. The first-order valence-corrected chi connectivity index (χ1v) is 11.9. The van der Waals surface area contributed by atoms with Gasteiger partial charge >= 0.3 is 5.97 Å². The van der Waals surface area contributed by atoms with Crippen LogP contribution >= 0.6 is 0 Å². The number of unbranched alkanes of at least 4 members (excludes halogenated alkanes) is 2. The summed E-state index contributed by atoms with van der Waals surface area (Å²) in [6, 6.07) is 13.0. The molecule has 0 radical (unpaired) electrons. The molecule has 0 atom stereocenters. The first kappa shape index (κ1) is 22.8. The van der Waals surface area contributed by atoms with E-state index in [4.69, 9.17) is 9.84 Å². The zero-order chi connectivity index (χ0) is 22.6. The van der Waals surface area contributed by atoms with E-state index >= 15 is 0 Å². The lowest BCUT2D eigenvalue weighted by atomic mass is 10.2. The van der Waals surface area contributed by atoms with Crippen molar-refractivity contribution in [3.05, 3.63) is 48.0 Å². The number of ether oxygens (including phenoxy) is 1. The third kappa shape index (κ3) is 5.25. The number of hydrogen-bond acceptors (Lipinski definition) is 5. The standard InChI is InChI=1S/C23H28N2O5S/c1-16(2)31(28,29)23-24-20-13-12-19(30-14-6-4-5-7-22(26)27)15-21(20)25(23)18-10-8-17(3)9-11-18/h8-13,15-16H,4-7,14H2,1-3H3,(H,26,27). The van der Waals surface area contributed by atoms with Crippen LogP contribution in [-0.2, 0) is 14.6 Å². The monoisotopic (exact) mass is 444 g/mol. The highest BCUT2D eigenvalue weighted by molar-refractivity contribution is 7.91. The minimum Gasteiger partial charge on any atom is -0.494 e. The van der Waals surface area contributed by atoms with Crippen LogP contribution in [0.3, 0.4) is 0 Å². The number of carboxylic acid groups (broad SMARTS) is 1. The van der Waals surface area contributed by atoms with E-state index in [1.807, 2.05) is 31.2 Å². The Hall–Kier alpha value is -2.87. The van der Waals surface area contributed by atoms with Crippen molar-refractivity contribution in [1.29, 1.82) is 0 Å². The van der Waals surface area contributed by atoms with Gasteiger partial charge in [-0.1, -0.05) is 17.7 Å². The number of fused-ring (bicyclic) bond motifs is 1. The van der Waals surface area contributed by atoms with Crippen LogP contribution in [0.1, 0.15) is 45.1 Å². The van der Waals surface area contributed by atoms with Crippen molar-refractivity contribution in [2.75, 3.05) is 6.61 Å². The van der Waals surface area contributed by atoms with Crippen molar-refractivity contribution in [1.82, 2.24) is 9.55 Å². The van der Waals surface area contributed by atoms with Gasteiger partial charge in [-0.15, -0.1) is 0 Å². The van der Waals surface area contributed by atoms with Gasteiger partial charge in [0.15, 0.2) is 0 Å². The molecule has 166 valence electrons. The molecule has 7 nitrogen and oxygen atoms in total. The molecule has 31 heavy (non-hydrogen) atoms. The quantitative estimate of drug-likeness (QED) is 0.461. The Morgan fingerprint density at radius 2 is 1.81 bits per heavy atom. The van der Waals surface area contributed by atoms with Gasteiger partial charge in [-0.05, 0) is 64.3 Å². The number of carbonyl (C=O) groups is 1. The Bertz CT molecular complexity index is 1160. The van der Waals surface area contributed by atoms with E-state index in [0.29, 0.717) is 29.8 Å². The lowest BCUT2D eigenvalue weighted by Crippen LogP contribution is -2.18. The Kier molecular flexibility index (Phi) is 7.00. The maximum absolute atomic E-state index is 13.0. The van der Waals surface area contributed by atoms with Gasteiger partial charge in [0.1, 0.15) is 5.75 Å². The highest BCUT2D eigenvalue weighted by Gasteiger charge is 2.28. The van der Waals surface area contributed by atoms with Crippen LogP contribution in [0.5, 0.6) is 5.75 Å². The fourth-order valence-electron chi connectivity index (χ4n) is 3.21. The van der Waals surface area contributed by atoms with Crippen molar-refractivity contribution in [3.8, 4) is 11.4 Å². The predicted molar refractivity (Wildman–Crippen MR) is 120 cm³/mol. The summed E-state index contributed by atoms with van der Waals surface area (Å²) in [4.78, 5) is 15.0. The van der Waals surface area contributed by atoms with Crippen molar-refractivity contribution < 1.29 is 23.1 Å². The highest BCUT2D eigenvalue weighted by Crippen LogP contribution is 2.29. The fourth-order valence-corrected chi connectivity index (χ4v) is 4.32. The average Bonchev–Trinajstić information content (AvgIpc) is 3.10. The Morgan fingerprint density at radius 1 is 1.10 bits per heavy atom. The molecule has 1 heterocycles. The first-order chi connectivity index (χ1) is 14.7. The molecule has 3 aromatic rings. The van der Waals surface area contributed by atoms with Crippen LogP contribution in [0.15, 0.2) is 47.6 Å². The number of nitrogens with zero attached hydrogens (tertiary/aromatic N) is 2. The van der Waals surface area contributed by atoms with Gasteiger partial charge in [0.05, 0.1) is 22.9 Å². The van der Waals surface area contributed by atoms with Gasteiger partial charge < -0.3 is 9.84 Å². The summed E-state index contributed by atoms with van der Waals surface area (Å²) in [5.74, 6) is -0.171. The van der Waals surface area contributed by atoms with Gasteiger partial charge in [-0.2, -0.15) is 0 Å². The van der Waals surface area contributed by atoms with Gasteiger partial charge in [0.25, 0.3) is 0 Å². The number of hydrogen-bond donors (Lipinski definition) is 1. The molecule has 0 amide bonds. The Morgan fingerprint density at radius 3 is 2.45 bits per heavy atom. The summed E-state index contributed by atoms with van der Waals surface area (Å²) in [6.45, 7) is 5.73. The summed E-state index contributed by atoms with van der Waals surface area (Å²) in [7, 11) is -3.61. The minimum absolute atomic E-state index is 0.0205. The molecular weight excluding hydrogens is 416 g/mol. The van der Waals surface area contributed by atoms with E-state index in [0.717, 1.165) is 24.1 Å². The second kappa shape index (κ2) is 9.51. The molecule has 2 aromatic carbocycles. The van der Waals surface area contributed by atoms with E-state index in [9.17, 15) is 13.2 Å². The largest absolute Gasteiger partial charge is 0.494 e. The van der Waals surface area contributed by atoms with Crippen molar-refractivity contribution in [2.45, 2.75) is 56.9 Å². The van der Waals surface area contributed by atoms with Crippen LogP contribution in [0, 0.1) is 6.92 Å². The SMILES string of the molecule is Cc1ccc(-n2c(S(=O)(=O)C(C)C)nc3ccc(OCCCCCC(=O)O)cc32)cc1. The molecule has 0 aliphatic carbocycles. The number of benzene rings is 2. The molecule has 0 aliphatic rings. The summed E-state index contributed by atoms with van der Waals surface area (Å²) in [6.07, 6.45) is 2.30. The molecule has 0 saturated carbocycles. The van der Waals surface area contributed by atoms with Crippen LogP contribution in [0.4, 0.5) is 0 Å². The summed E-state index contributed by atoms with van der Waals surface area (Å²) in [5.41, 5.74) is 3.03. The molecular formula is C23H28N2O5S. The molecule has 0 aliphatic heterocycles. The van der Waals surface area contributed by atoms with Crippen LogP contribution in [0.25, 0.3) is 16.7 Å². The molecule has 1 N–H and O–H groups in total. The van der Waals surface area contributed by atoms with Gasteiger partial charge in [-0.3, -0.25) is 9.36 Å². The smallest absolute Gasteiger partial charge is 0.303 e. The van der Waals surface area contributed by atoms with Gasteiger partial charge in [0.2, 0.25) is 15.0 Å². The van der Waals surface area contributed by atoms with Crippen LogP contribution in [0.2, 0.25) is 0 Å². The second-order valence-electron chi connectivity index (χ2n) is 7.86. The predicted octanol–water partition coefficient (Wildman–Crippen LogP) is 4.54. The number of rotatable bonds is 10. The molecule has 8 heteroatoms. The number of aliphatic carboxylic acids is 1. The van der Waals surface area contributed by atoms with Crippen molar-refractivity contribution in [2.24, 2.45) is 0 Å². The lowest BCUT2D eigenvalue weighted by molar-refractivity contribution is -0.137. The van der Waals surface area contributed by atoms with E-state index in [1.165, 1.54) is 0 Å². The zero-order valence-corrected chi connectivity index (χ0v) is 18.9. The maximum Gasteiger partial charge on any atom is 0.303 e. The number of sulfone groups is 1. The Balaban J connectivity index is 1.94. The highest BCUT2D eigenvalue weighted by atomic mass is 32.2. The van der Waals surface area contributed by atoms with Crippen LogP contribution < -0.4 is 4.74 Å². The average molecular weight is 445 g/mol. The number of aromatic nitrogens is 2. The normalized spacial score (nSPS) is 11.9. The molecule has 0 saturated heterocycles. The lowest BCUT2D eigenvalue weighted by Gasteiger charge is -2.12.